The molecular weight excluding hydrogens is 194 g/mol. The lowest BCUT2D eigenvalue weighted by atomic mass is 10.1. The third kappa shape index (κ3) is 1.38. The zero-order valence-electron chi connectivity index (χ0n) is 7.54. The van der Waals surface area contributed by atoms with Crippen LogP contribution in [0.3, 0.4) is 0 Å². The molecule has 0 radical (unpaired) electrons. The zero-order chi connectivity index (χ0) is 10.6. The largest absolute Gasteiger partial charge is 0.481 e. The Morgan fingerprint density at radius 1 is 1.64 bits per heavy atom. The van der Waals surface area contributed by atoms with Gasteiger partial charge in [-0.25, -0.2) is 13.8 Å². The van der Waals surface area contributed by atoms with Gasteiger partial charge < -0.3 is 5.11 Å². The van der Waals surface area contributed by atoms with Gasteiger partial charge in [0, 0.05) is 12.0 Å². The number of carboxylic acids is 1. The van der Waals surface area contributed by atoms with Crippen LogP contribution in [0.5, 0.6) is 0 Å². The van der Waals surface area contributed by atoms with Crippen LogP contribution < -0.4 is 5.84 Å². The fraction of sp³-hybridized carbons (Fsp3) is 0.875. The quantitative estimate of drug-likeness (QED) is 0.643. The molecular formula is C8H12F2N2O2. The molecule has 2 unspecified atom stereocenters. The maximum Gasteiger partial charge on any atom is 0.303 e. The molecule has 2 fully saturated rings. The van der Waals surface area contributed by atoms with E-state index in [-0.39, 0.29) is 18.8 Å². The lowest BCUT2D eigenvalue weighted by Crippen LogP contribution is -2.39. The van der Waals surface area contributed by atoms with Crippen molar-refractivity contribution in [1.82, 2.24) is 5.01 Å². The maximum absolute atomic E-state index is 13.0. The molecule has 1 saturated carbocycles. The van der Waals surface area contributed by atoms with E-state index in [9.17, 15) is 13.6 Å². The summed E-state index contributed by atoms with van der Waals surface area (Å²) in [5.41, 5.74) is -0.734. The summed E-state index contributed by atoms with van der Waals surface area (Å²) in [7, 11) is 0. The van der Waals surface area contributed by atoms with Crippen molar-refractivity contribution in [3.05, 3.63) is 0 Å². The van der Waals surface area contributed by atoms with E-state index < -0.39 is 24.0 Å². The van der Waals surface area contributed by atoms with Gasteiger partial charge in [0.2, 0.25) is 0 Å². The van der Waals surface area contributed by atoms with Gasteiger partial charge >= 0.3 is 5.97 Å². The molecule has 1 aliphatic carbocycles. The van der Waals surface area contributed by atoms with Crippen LogP contribution in [0.15, 0.2) is 0 Å². The molecule has 2 rings (SSSR count). The number of hydrazine groups is 1. The SMILES string of the molecule is NN1CC(F)(F)CC12CC2CC(=O)O. The van der Waals surface area contributed by atoms with Gasteiger partial charge in [-0.05, 0) is 12.3 Å². The summed E-state index contributed by atoms with van der Waals surface area (Å²) in [6.07, 6.45) is 0.115. The number of carbonyl (C=O) groups is 1. The van der Waals surface area contributed by atoms with Gasteiger partial charge in [0.05, 0.1) is 13.0 Å². The highest BCUT2D eigenvalue weighted by molar-refractivity contribution is 5.68. The van der Waals surface area contributed by atoms with E-state index in [0.29, 0.717) is 6.42 Å². The minimum atomic E-state index is -2.76. The highest BCUT2D eigenvalue weighted by Crippen LogP contribution is 2.58. The first-order valence-electron chi connectivity index (χ1n) is 4.48. The minimum Gasteiger partial charge on any atom is -0.481 e. The lowest BCUT2D eigenvalue weighted by molar-refractivity contribution is -0.137. The van der Waals surface area contributed by atoms with Crippen LogP contribution in [0, 0.1) is 5.92 Å². The van der Waals surface area contributed by atoms with Crippen molar-refractivity contribution in [1.29, 1.82) is 0 Å². The molecule has 3 N–H and O–H groups in total. The van der Waals surface area contributed by atoms with Crippen LogP contribution in [-0.4, -0.2) is 34.1 Å². The summed E-state index contributed by atoms with van der Waals surface area (Å²) in [5.74, 6) is 1.56. The molecule has 0 bridgehead atoms. The topological polar surface area (TPSA) is 66.6 Å². The minimum absolute atomic E-state index is 0.0657. The second-order valence-corrected chi connectivity index (χ2v) is 4.26. The van der Waals surface area contributed by atoms with Crippen molar-refractivity contribution >= 4 is 5.97 Å². The number of carboxylic acid groups (broad SMARTS) is 1. The highest BCUT2D eigenvalue weighted by Gasteiger charge is 2.67. The fourth-order valence-corrected chi connectivity index (χ4v) is 2.42. The summed E-state index contributed by atoms with van der Waals surface area (Å²) in [6, 6.07) is 0. The van der Waals surface area contributed by atoms with Crippen molar-refractivity contribution in [2.24, 2.45) is 11.8 Å². The van der Waals surface area contributed by atoms with Crippen molar-refractivity contribution in [2.45, 2.75) is 30.7 Å². The average Bonchev–Trinajstić information content (AvgIpc) is 2.53. The summed E-state index contributed by atoms with van der Waals surface area (Å²) in [4.78, 5) is 10.4. The Bertz CT molecular complexity index is 285. The third-order valence-corrected chi connectivity index (χ3v) is 3.16. The number of nitrogens with zero attached hydrogens (tertiary/aromatic N) is 1. The first kappa shape index (κ1) is 9.79. The third-order valence-electron chi connectivity index (χ3n) is 3.16. The van der Waals surface area contributed by atoms with Gasteiger partial charge in [-0.2, -0.15) is 0 Å². The van der Waals surface area contributed by atoms with Gasteiger partial charge in [0.1, 0.15) is 0 Å². The standard InChI is InChI=1S/C8H12F2N2O2/c9-8(10)3-7(12(11)4-8)2-5(7)1-6(13)14/h5H,1-4,11H2,(H,13,14). The predicted molar refractivity (Wildman–Crippen MR) is 43.5 cm³/mol. The van der Waals surface area contributed by atoms with Crippen LogP contribution in [0.1, 0.15) is 19.3 Å². The molecule has 6 heteroatoms. The fourth-order valence-electron chi connectivity index (χ4n) is 2.42. The molecule has 0 aromatic heterocycles. The molecule has 1 spiro atoms. The van der Waals surface area contributed by atoms with Gasteiger partial charge in [-0.1, -0.05) is 0 Å². The number of halogens is 2. The van der Waals surface area contributed by atoms with Crippen molar-refractivity contribution < 1.29 is 18.7 Å². The first-order chi connectivity index (χ1) is 6.36. The van der Waals surface area contributed by atoms with E-state index in [1.54, 1.807) is 0 Å². The Labute approximate surface area is 79.6 Å². The Balaban J connectivity index is 2.04. The zero-order valence-corrected chi connectivity index (χ0v) is 7.54. The van der Waals surface area contributed by atoms with E-state index >= 15 is 0 Å². The Hall–Kier alpha value is -0.750. The number of nitrogens with two attached hydrogens (primary N) is 1. The van der Waals surface area contributed by atoms with E-state index in [0.717, 1.165) is 5.01 Å². The monoisotopic (exact) mass is 206 g/mol. The Morgan fingerprint density at radius 2 is 2.29 bits per heavy atom. The lowest BCUT2D eigenvalue weighted by Gasteiger charge is -2.17. The van der Waals surface area contributed by atoms with Gasteiger partial charge in [0.15, 0.2) is 0 Å². The van der Waals surface area contributed by atoms with Crippen LogP contribution in [-0.2, 0) is 4.79 Å². The molecule has 1 saturated heterocycles. The van der Waals surface area contributed by atoms with E-state index in [2.05, 4.69) is 0 Å². The van der Waals surface area contributed by atoms with Crippen LogP contribution in [0.4, 0.5) is 8.78 Å². The van der Waals surface area contributed by atoms with E-state index in [1.165, 1.54) is 0 Å². The van der Waals surface area contributed by atoms with E-state index in [1.807, 2.05) is 0 Å². The van der Waals surface area contributed by atoms with Gasteiger partial charge in [-0.3, -0.25) is 10.6 Å². The summed E-state index contributed by atoms with van der Waals surface area (Å²) < 4.78 is 25.9. The molecule has 0 amide bonds. The van der Waals surface area contributed by atoms with E-state index in [4.69, 9.17) is 10.9 Å². The van der Waals surface area contributed by atoms with Crippen LogP contribution in [0.25, 0.3) is 0 Å². The summed E-state index contributed by atoms with van der Waals surface area (Å²) in [6.45, 7) is -0.455. The number of hydrogen-bond donors (Lipinski definition) is 2. The number of aliphatic carboxylic acids is 1. The molecule has 0 aromatic carbocycles. The predicted octanol–water partition coefficient (Wildman–Crippen LogP) is 0.435. The van der Waals surface area contributed by atoms with Crippen molar-refractivity contribution in [3.63, 3.8) is 0 Å². The van der Waals surface area contributed by atoms with Crippen molar-refractivity contribution in [3.8, 4) is 0 Å². The summed E-state index contributed by atoms with van der Waals surface area (Å²) >= 11 is 0. The van der Waals surface area contributed by atoms with Crippen molar-refractivity contribution in [2.75, 3.05) is 6.54 Å². The average molecular weight is 206 g/mol. The maximum atomic E-state index is 13.0. The summed E-state index contributed by atoms with van der Waals surface area (Å²) in [5, 5.41) is 9.66. The molecule has 1 aliphatic heterocycles. The molecule has 1 heterocycles. The molecule has 0 aromatic rings. The molecule has 2 atom stereocenters. The number of alkyl halides is 2. The van der Waals surface area contributed by atoms with Crippen LogP contribution in [0.2, 0.25) is 0 Å². The smallest absolute Gasteiger partial charge is 0.303 e. The Kier molecular flexibility index (Phi) is 1.84. The van der Waals surface area contributed by atoms with Crippen LogP contribution >= 0.6 is 0 Å². The second kappa shape index (κ2) is 2.64. The first-order valence-corrected chi connectivity index (χ1v) is 4.48. The van der Waals surface area contributed by atoms with Gasteiger partial charge in [-0.15, -0.1) is 0 Å². The van der Waals surface area contributed by atoms with Gasteiger partial charge in [0.25, 0.3) is 5.92 Å². The molecule has 4 nitrogen and oxygen atoms in total. The molecule has 2 aliphatic rings. The number of rotatable bonds is 2. The molecule has 80 valence electrons. The normalized spacial score (nSPS) is 40.4. The highest BCUT2D eigenvalue weighted by atomic mass is 19.3. The Morgan fingerprint density at radius 3 is 2.71 bits per heavy atom. The molecule has 14 heavy (non-hydrogen) atoms. The second-order valence-electron chi connectivity index (χ2n) is 4.26. The number of hydrogen-bond acceptors (Lipinski definition) is 3.